The van der Waals surface area contributed by atoms with Crippen LogP contribution in [0.15, 0.2) is 48.5 Å². The zero-order valence-corrected chi connectivity index (χ0v) is 20.3. The lowest BCUT2D eigenvalue weighted by molar-refractivity contribution is -0.126. The third kappa shape index (κ3) is 4.22. The van der Waals surface area contributed by atoms with Gasteiger partial charge < -0.3 is 9.47 Å². The summed E-state index contributed by atoms with van der Waals surface area (Å²) in [5.41, 5.74) is 0.997. The molecule has 0 bridgehead atoms. The monoisotopic (exact) mass is 492 g/mol. The molecule has 3 fully saturated rings. The van der Waals surface area contributed by atoms with Crippen molar-refractivity contribution in [1.29, 1.82) is 0 Å². The first-order chi connectivity index (χ1) is 17.4. The number of piperazine rings is 1. The minimum absolute atomic E-state index is 0.112. The van der Waals surface area contributed by atoms with Crippen LogP contribution in [0, 0.1) is 0 Å². The van der Waals surface area contributed by atoms with E-state index in [1.165, 1.54) is 24.0 Å². The Balaban J connectivity index is 1.23. The molecule has 10 heteroatoms. The van der Waals surface area contributed by atoms with Crippen molar-refractivity contribution in [1.82, 2.24) is 9.80 Å². The van der Waals surface area contributed by atoms with E-state index < -0.39 is 12.1 Å². The molecule has 0 spiro atoms. The largest absolute Gasteiger partial charge is 0.497 e. The number of methoxy groups -OCH3 is 2. The quantitative estimate of drug-likeness (QED) is 0.557. The van der Waals surface area contributed by atoms with Crippen molar-refractivity contribution in [2.45, 2.75) is 24.9 Å². The molecular weight excluding hydrogens is 464 g/mol. The summed E-state index contributed by atoms with van der Waals surface area (Å²) in [5, 5.41) is 0. The fourth-order valence-electron chi connectivity index (χ4n) is 5.20. The lowest BCUT2D eigenvalue weighted by atomic mass is 10.1. The van der Waals surface area contributed by atoms with Crippen LogP contribution in [0.25, 0.3) is 0 Å². The average Bonchev–Trinajstić information content (AvgIpc) is 3.37. The fourth-order valence-corrected chi connectivity index (χ4v) is 5.20. The lowest BCUT2D eigenvalue weighted by Crippen LogP contribution is -2.56. The van der Waals surface area contributed by atoms with Crippen LogP contribution in [0.2, 0.25) is 0 Å². The van der Waals surface area contributed by atoms with E-state index in [1.807, 2.05) is 9.80 Å². The van der Waals surface area contributed by atoms with Crippen molar-refractivity contribution in [3.8, 4) is 11.5 Å². The SMILES string of the molecule is COc1cccc(N2C(=O)CC(N3CCN(C4CC(=O)N(c5cccc(OC)c5)C4=O)CC3)C2=O)c1. The summed E-state index contributed by atoms with van der Waals surface area (Å²) in [6, 6.07) is 12.7. The second kappa shape index (κ2) is 9.71. The third-order valence-electron chi connectivity index (χ3n) is 7.10. The van der Waals surface area contributed by atoms with Crippen molar-refractivity contribution in [2.24, 2.45) is 0 Å². The molecule has 5 rings (SSSR count). The van der Waals surface area contributed by atoms with Crippen molar-refractivity contribution in [2.75, 3.05) is 50.2 Å². The highest BCUT2D eigenvalue weighted by atomic mass is 16.5. The molecule has 3 aliphatic rings. The minimum Gasteiger partial charge on any atom is -0.497 e. The zero-order chi connectivity index (χ0) is 25.4. The van der Waals surface area contributed by atoms with E-state index in [0.29, 0.717) is 49.1 Å². The van der Waals surface area contributed by atoms with Crippen LogP contribution in [0.5, 0.6) is 11.5 Å². The van der Waals surface area contributed by atoms with Gasteiger partial charge in [-0.3, -0.25) is 29.0 Å². The summed E-state index contributed by atoms with van der Waals surface area (Å²) < 4.78 is 10.5. The zero-order valence-electron chi connectivity index (χ0n) is 20.3. The molecule has 10 nitrogen and oxygen atoms in total. The number of hydrogen-bond donors (Lipinski definition) is 0. The van der Waals surface area contributed by atoms with Crippen LogP contribution < -0.4 is 19.3 Å². The molecule has 4 amide bonds. The molecule has 36 heavy (non-hydrogen) atoms. The highest BCUT2D eigenvalue weighted by molar-refractivity contribution is 6.23. The Morgan fingerprint density at radius 1 is 0.639 bits per heavy atom. The van der Waals surface area contributed by atoms with Gasteiger partial charge in [0.15, 0.2) is 0 Å². The Morgan fingerprint density at radius 3 is 1.39 bits per heavy atom. The summed E-state index contributed by atoms with van der Waals surface area (Å²) in [7, 11) is 3.07. The van der Waals surface area contributed by atoms with Crippen LogP contribution in [0.3, 0.4) is 0 Å². The second-order valence-corrected chi connectivity index (χ2v) is 9.05. The number of nitrogens with zero attached hydrogens (tertiary/aromatic N) is 4. The lowest BCUT2D eigenvalue weighted by Gasteiger charge is -2.38. The maximum absolute atomic E-state index is 13.2. The van der Waals surface area contributed by atoms with Gasteiger partial charge in [0.05, 0.1) is 50.5 Å². The molecule has 0 N–H and O–H groups in total. The molecule has 0 aromatic heterocycles. The molecule has 0 saturated carbocycles. The Labute approximate surface area is 208 Å². The molecule has 3 aliphatic heterocycles. The molecule has 2 aromatic carbocycles. The highest BCUT2D eigenvalue weighted by Gasteiger charge is 2.46. The second-order valence-electron chi connectivity index (χ2n) is 9.05. The smallest absolute Gasteiger partial charge is 0.251 e. The van der Waals surface area contributed by atoms with E-state index in [2.05, 4.69) is 0 Å². The first-order valence-electron chi connectivity index (χ1n) is 11.9. The van der Waals surface area contributed by atoms with E-state index in [9.17, 15) is 19.2 Å². The Morgan fingerprint density at radius 2 is 1.03 bits per heavy atom. The van der Waals surface area contributed by atoms with Gasteiger partial charge >= 0.3 is 0 Å². The van der Waals surface area contributed by atoms with Gasteiger partial charge in [0, 0.05) is 38.3 Å². The average molecular weight is 493 g/mol. The van der Waals surface area contributed by atoms with Crippen molar-refractivity contribution < 1.29 is 28.7 Å². The van der Waals surface area contributed by atoms with Gasteiger partial charge in [-0.15, -0.1) is 0 Å². The number of imide groups is 2. The van der Waals surface area contributed by atoms with Crippen LogP contribution in [0.1, 0.15) is 12.8 Å². The Kier molecular flexibility index (Phi) is 6.46. The van der Waals surface area contributed by atoms with E-state index in [0.717, 1.165) is 0 Å². The molecule has 3 saturated heterocycles. The molecule has 0 radical (unpaired) electrons. The summed E-state index contributed by atoms with van der Waals surface area (Å²) in [5.74, 6) is 0.154. The number of hydrogen-bond acceptors (Lipinski definition) is 8. The Hall–Kier alpha value is -3.76. The van der Waals surface area contributed by atoms with Gasteiger partial charge in [-0.05, 0) is 24.3 Å². The number of anilines is 2. The molecule has 0 aliphatic carbocycles. The normalized spacial score (nSPS) is 23.6. The van der Waals surface area contributed by atoms with E-state index in [-0.39, 0.29) is 36.5 Å². The van der Waals surface area contributed by atoms with E-state index in [1.54, 1.807) is 48.5 Å². The predicted molar refractivity (Wildman–Crippen MR) is 131 cm³/mol. The maximum atomic E-state index is 13.2. The highest BCUT2D eigenvalue weighted by Crippen LogP contribution is 2.31. The molecule has 2 atom stereocenters. The summed E-state index contributed by atoms with van der Waals surface area (Å²) >= 11 is 0. The summed E-state index contributed by atoms with van der Waals surface area (Å²) in [6.07, 6.45) is 0.223. The van der Waals surface area contributed by atoms with Crippen LogP contribution in [-0.4, -0.2) is 85.9 Å². The van der Waals surface area contributed by atoms with E-state index in [4.69, 9.17) is 9.47 Å². The van der Waals surface area contributed by atoms with Crippen LogP contribution in [0.4, 0.5) is 11.4 Å². The number of ether oxygens (including phenoxy) is 2. The summed E-state index contributed by atoms with van der Waals surface area (Å²) in [6.45, 7) is 2.08. The third-order valence-corrected chi connectivity index (χ3v) is 7.10. The molecule has 2 aromatic rings. The van der Waals surface area contributed by atoms with Crippen molar-refractivity contribution in [3.05, 3.63) is 48.5 Å². The number of benzene rings is 2. The summed E-state index contributed by atoms with van der Waals surface area (Å²) in [4.78, 5) is 58.3. The molecule has 188 valence electrons. The first kappa shape index (κ1) is 24.0. The molecule has 2 unspecified atom stereocenters. The van der Waals surface area contributed by atoms with Gasteiger partial charge in [0.25, 0.3) is 11.8 Å². The number of carbonyl (C=O) groups excluding carboxylic acids is 4. The van der Waals surface area contributed by atoms with Gasteiger partial charge in [0.2, 0.25) is 11.8 Å². The predicted octanol–water partition coefficient (Wildman–Crippen LogP) is 1.29. The number of amides is 4. The Bertz CT molecular complexity index is 1110. The molecule has 3 heterocycles. The van der Waals surface area contributed by atoms with Gasteiger partial charge in [-0.25, -0.2) is 9.80 Å². The van der Waals surface area contributed by atoms with Crippen LogP contribution >= 0.6 is 0 Å². The standard InChI is InChI=1S/C26H28N4O6/c1-35-19-7-3-5-17(13-19)29-23(31)15-21(25(29)33)27-9-11-28(12-10-27)22-16-24(32)30(26(22)34)18-6-4-8-20(14-18)36-2/h3-8,13-14,21-22H,9-12,15-16H2,1-2H3. The topological polar surface area (TPSA) is 99.7 Å². The number of rotatable bonds is 6. The molecular formula is C26H28N4O6. The van der Waals surface area contributed by atoms with Gasteiger partial charge in [0.1, 0.15) is 11.5 Å². The van der Waals surface area contributed by atoms with Crippen molar-refractivity contribution >= 4 is 35.0 Å². The first-order valence-corrected chi connectivity index (χ1v) is 11.9. The fraction of sp³-hybridized carbons (Fsp3) is 0.385. The van der Waals surface area contributed by atoms with Gasteiger partial charge in [-0.1, -0.05) is 12.1 Å². The van der Waals surface area contributed by atoms with Crippen molar-refractivity contribution in [3.63, 3.8) is 0 Å². The van der Waals surface area contributed by atoms with Crippen LogP contribution in [-0.2, 0) is 19.2 Å². The maximum Gasteiger partial charge on any atom is 0.251 e. The van der Waals surface area contributed by atoms with Gasteiger partial charge in [-0.2, -0.15) is 0 Å². The van der Waals surface area contributed by atoms with E-state index >= 15 is 0 Å². The minimum atomic E-state index is -0.542. The number of carbonyl (C=O) groups is 4.